The number of imidazole rings is 4. The molecule has 4 aliphatic rings. The van der Waals surface area contributed by atoms with Crippen LogP contribution in [-0.4, -0.2) is 141 Å². The molecule has 0 bridgehead atoms. The van der Waals surface area contributed by atoms with Gasteiger partial charge in [0, 0.05) is 117 Å². The Bertz CT molecular complexity index is 7260. The molecule has 0 spiro atoms. The molecule has 16 aromatic rings. The molecule has 4 aliphatic heterocycles. The Kier molecular flexibility index (Phi) is 28.4. The Morgan fingerprint density at radius 2 is 0.721 bits per heavy atom. The van der Waals surface area contributed by atoms with Gasteiger partial charge in [-0.05, 0) is 219 Å². The monoisotopic (exact) mass is 1880 g/mol. The number of aromatic nitrogens is 12. The number of carbonyl (C=O) groups is 4. The Hall–Kier alpha value is -17.2. The topological polar surface area (TPSA) is 346 Å². The minimum atomic E-state index is -4.37. The zero-order valence-electron chi connectivity index (χ0n) is 76.9. The molecule has 33 heteroatoms. The molecule has 12 heterocycles. The molecule has 4 saturated heterocycles. The van der Waals surface area contributed by atoms with Crippen molar-refractivity contribution in [2.75, 3.05) is 68.2 Å². The van der Waals surface area contributed by atoms with Gasteiger partial charge < -0.3 is 66.4 Å². The molecule has 140 heavy (non-hydrogen) atoms. The molecule has 4 fully saturated rings. The number of methoxy groups -OCH3 is 1. The van der Waals surface area contributed by atoms with E-state index in [1.165, 1.54) is 48.1 Å². The molecule has 29 nitrogen and oxygen atoms in total. The van der Waals surface area contributed by atoms with Gasteiger partial charge in [0.25, 0.3) is 5.91 Å². The number of amides is 4. The minimum Gasteiger partial charge on any atom is -0.497 e. The molecule has 0 unspecified atom stereocenters. The van der Waals surface area contributed by atoms with Crippen LogP contribution in [0.3, 0.4) is 0 Å². The highest BCUT2D eigenvalue weighted by molar-refractivity contribution is 5.94. The number of terminal acetylenes is 1. The van der Waals surface area contributed by atoms with E-state index in [2.05, 4.69) is 93.9 Å². The number of nitrogens with two attached hydrogens (primary N) is 4. The van der Waals surface area contributed by atoms with Gasteiger partial charge in [0.05, 0.1) is 36.8 Å². The number of fused-ring (bicyclic) bond motifs is 4. The number of likely N-dealkylation sites (tertiary alicyclic amines) is 4. The Morgan fingerprint density at radius 1 is 0.421 bits per heavy atom. The summed E-state index contributed by atoms with van der Waals surface area (Å²) >= 11 is 0. The molecular weight excluding hydrogens is 1780 g/mol. The average Bonchev–Trinajstić information content (AvgIpc) is 1.62. The standard InChI is InChI=1S/C27H24F3N5O2.C27H26N6O.C27H27N5O3.C26H24FN5O2/c1-2-22(36)34-14-3-4-21(34)26-33-23(24-25(31)32-13-15-35(24)26)18-7-11-20(12-8-18)37-16-17-5-9-19(10-6-17)27(28,29)30;1-3-23(34)32-16-7-10-22(32)27-30-24(25-26(28)29-15-17-33(25)27)20-11-13-21(14-12-20)31(2)18-19-8-5-4-6-9-19;1-3-23(33)31-15-4-5-22(31)27-30-24(25-26(28)29-14-16-32(25)27)19-8-12-21(13-9-19)35-17-18-6-10-20(34-2)11-7-18;1-2-22(33)31-14-3-4-21(31)26-30-23(24-25(28)29-13-15-32(24)26)18-7-11-20(12-8-18)34-16-17-5-9-19(27)10-6-17/h2,5-13,15,21H,1,3-4,14,16H2,(H2,31,32);1,4-6,8-9,11-15,17,22H,7,10,16,18H2,2H3,(H2,28,29);3,6-14,16,22H,1,4-5,15,17H2,2H3,(H2,28,29);2,5-13,15,21H,1,3-4,14,16H2,(H2,28,29)/t21-;2*22-;21-/m0000/s1. The van der Waals surface area contributed by atoms with Gasteiger partial charge in [-0.25, -0.2) is 44.3 Å². The Balaban J connectivity index is 0.000000129. The smallest absolute Gasteiger partial charge is 0.416 e. The van der Waals surface area contributed by atoms with E-state index >= 15 is 0 Å². The maximum atomic E-state index is 13.1. The summed E-state index contributed by atoms with van der Waals surface area (Å²) in [6.07, 6.45) is 25.7. The van der Waals surface area contributed by atoms with Crippen molar-refractivity contribution >= 4 is 74.7 Å². The third-order valence-electron chi connectivity index (χ3n) is 25.2. The van der Waals surface area contributed by atoms with Crippen LogP contribution >= 0.6 is 0 Å². The Morgan fingerprint density at radius 3 is 1.04 bits per heavy atom. The summed E-state index contributed by atoms with van der Waals surface area (Å²) in [7, 11) is 3.72. The normalized spacial score (nSPS) is 15.5. The highest BCUT2D eigenvalue weighted by Crippen LogP contribution is 2.44. The zero-order valence-corrected chi connectivity index (χ0v) is 76.9. The number of carbonyl (C=O) groups excluding carboxylic acids is 4. The summed E-state index contributed by atoms with van der Waals surface area (Å²) in [5, 5.41) is 0. The molecule has 4 atom stereocenters. The fourth-order valence-electron chi connectivity index (χ4n) is 18.2. The summed E-state index contributed by atoms with van der Waals surface area (Å²) in [5.41, 5.74) is 38.4. The molecule has 710 valence electrons. The number of hydrogen-bond donors (Lipinski definition) is 4. The second kappa shape index (κ2) is 42.0. The van der Waals surface area contributed by atoms with Crippen LogP contribution in [0.2, 0.25) is 0 Å². The molecule has 8 aromatic heterocycles. The molecule has 20 rings (SSSR count). The first kappa shape index (κ1) is 94.6. The van der Waals surface area contributed by atoms with Crippen LogP contribution in [-0.2, 0) is 51.7 Å². The van der Waals surface area contributed by atoms with Crippen LogP contribution < -0.4 is 46.8 Å². The van der Waals surface area contributed by atoms with Crippen molar-refractivity contribution in [3.05, 3.63) is 345 Å². The molecule has 8 aromatic carbocycles. The van der Waals surface area contributed by atoms with Gasteiger partial charge >= 0.3 is 6.18 Å². The van der Waals surface area contributed by atoms with Crippen molar-refractivity contribution in [1.29, 1.82) is 0 Å². The highest BCUT2D eigenvalue weighted by Gasteiger charge is 2.39. The lowest BCUT2D eigenvalue weighted by Gasteiger charge is -2.22. The van der Waals surface area contributed by atoms with Crippen molar-refractivity contribution in [1.82, 2.24) is 77.1 Å². The van der Waals surface area contributed by atoms with Gasteiger partial charge in [0.2, 0.25) is 17.7 Å². The van der Waals surface area contributed by atoms with Crippen LogP contribution in [0.5, 0.6) is 23.0 Å². The van der Waals surface area contributed by atoms with Crippen LogP contribution in [0.15, 0.2) is 288 Å². The van der Waals surface area contributed by atoms with Gasteiger partial charge in [-0.1, -0.05) is 98.6 Å². The third kappa shape index (κ3) is 20.4. The number of alkyl halides is 3. The lowest BCUT2D eigenvalue weighted by atomic mass is 10.1. The third-order valence-corrected chi connectivity index (χ3v) is 25.2. The van der Waals surface area contributed by atoms with Gasteiger partial charge in [-0.2, -0.15) is 13.2 Å². The summed E-state index contributed by atoms with van der Waals surface area (Å²) < 4.78 is 81.8. The van der Waals surface area contributed by atoms with E-state index in [0.717, 1.165) is 161 Å². The van der Waals surface area contributed by atoms with E-state index in [1.807, 2.05) is 144 Å². The molecule has 8 N–H and O–H groups in total. The van der Waals surface area contributed by atoms with Crippen molar-refractivity contribution in [2.24, 2.45) is 0 Å². The van der Waals surface area contributed by atoms with Crippen LogP contribution in [0.1, 0.15) is 127 Å². The summed E-state index contributed by atoms with van der Waals surface area (Å²) in [4.78, 5) is 95.7. The summed E-state index contributed by atoms with van der Waals surface area (Å²) in [6, 6.07) is 59.3. The SMILES string of the molecule is C#CC(=O)N1CCC[C@H]1c1nc(-c2ccc(N(C)Cc3ccccc3)cc2)c2c(N)nccn12.C=CC(=O)N1CCC[C@H]1c1nc(-c2ccc(OCc3ccc(C(F)(F)F)cc3)cc2)c2c(N)nccn12.C=CC(=O)N1CCC[C@H]1c1nc(-c2ccc(OCc3ccc(F)cc3)cc2)c2c(N)nccn12.C=CC(=O)N1CCC[C@H]1c1nc(-c2ccc(OCc3ccc(OC)cc3)cc2)c2c(N)nccn12. The van der Waals surface area contributed by atoms with Gasteiger partial charge in [0.1, 0.15) is 140 Å². The van der Waals surface area contributed by atoms with Crippen molar-refractivity contribution < 1.29 is 55.7 Å². The molecule has 0 aliphatic carbocycles. The van der Waals surface area contributed by atoms with E-state index < -0.39 is 11.7 Å². The molecular formula is C107H101F4N21O8. The second-order valence-corrected chi connectivity index (χ2v) is 33.9. The number of nitrogen functional groups attached to an aromatic ring is 4. The fraction of sp³-hybridized carbons (Fsp3) is 0.215. The van der Waals surface area contributed by atoms with Crippen LogP contribution in [0, 0.1) is 18.2 Å². The minimum absolute atomic E-state index is 0.0915. The summed E-state index contributed by atoms with van der Waals surface area (Å²) in [6.45, 7) is 15.2. The molecule has 0 radical (unpaired) electrons. The largest absolute Gasteiger partial charge is 0.497 e. The predicted molar refractivity (Wildman–Crippen MR) is 528 cm³/mol. The quantitative estimate of drug-likeness (QED) is 0.0248. The first-order chi connectivity index (χ1) is 68.0. The molecule has 0 saturated carbocycles. The fourth-order valence-corrected chi connectivity index (χ4v) is 18.2. The second-order valence-electron chi connectivity index (χ2n) is 33.9. The number of nitrogens with zero attached hydrogens (tertiary/aromatic N) is 17. The van der Waals surface area contributed by atoms with Crippen molar-refractivity contribution in [2.45, 2.75) is 108 Å². The van der Waals surface area contributed by atoms with E-state index in [4.69, 9.17) is 68.2 Å². The zero-order chi connectivity index (χ0) is 97.8. The Labute approximate surface area is 804 Å². The van der Waals surface area contributed by atoms with Crippen LogP contribution in [0.25, 0.3) is 67.1 Å². The van der Waals surface area contributed by atoms with Crippen LogP contribution in [0.4, 0.5) is 46.5 Å². The maximum Gasteiger partial charge on any atom is 0.416 e. The van der Waals surface area contributed by atoms with Gasteiger partial charge in [-0.15, -0.1) is 6.42 Å². The lowest BCUT2D eigenvalue weighted by molar-refractivity contribution is -0.137. The first-order valence-corrected chi connectivity index (χ1v) is 45.6. The average molecular weight is 1890 g/mol. The van der Waals surface area contributed by atoms with Crippen molar-refractivity contribution in [3.8, 4) is 80.4 Å². The number of ether oxygens (including phenoxy) is 4. The van der Waals surface area contributed by atoms with E-state index in [9.17, 15) is 36.7 Å². The van der Waals surface area contributed by atoms with E-state index in [-0.39, 0.29) is 60.2 Å². The number of rotatable bonds is 24. The summed E-state index contributed by atoms with van der Waals surface area (Å²) in [5.74, 6) is 8.58. The van der Waals surface area contributed by atoms with Crippen molar-refractivity contribution in [3.63, 3.8) is 0 Å². The predicted octanol–water partition coefficient (Wildman–Crippen LogP) is 18.3. The highest BCUT2D eigenvalue weighted by atomic mass is 19.4. The van der Waals surface area contributed by atoms with Gasteiger partial charge in [-0.3, -0.25) is 36.8 Å². The number of benzene rings is 8. The van der Waals surface area contributed by atoms with E-state index in [0.29, 0.717) is 108 Å². The number of hydrogen-bond acceptors (Lipinski definition) is 21. The van der Waals surface area contributed by atoms with E-state index in [1.54, 1.807) is 77.1 Å². The maximum absolute atomic E-state index is 13.1. The number of anilines is 5. The number of halogens is 4. The first-order valence-electron chi connectivity index (χ1n) is 45.6. The van der Waals surface area contributed by atoms with Gasteiger partial charge in [0.15, 0.2) is 0 Å². The molecule has 4 amide bonds. The lowest BCUT2D eigenvalue weighted by Crippen LogP contribution is -2.30.